The molecule has 0 amide bonds. The molecule has 0 fully saturated rings. The first-order chi connectivity index (χ1) is 9.83. The van der Waals surface area contributed by atoms with Crippen LogP contribution >= 0.6 is 22.9 Å². The van der Waals surface area contributed by atoms with Crippen LogP contribution in [0.5, 0.6) is 0 Å². The Morgan fingerprint density at radius 1 is 1.15 bits per heavy atom. The summed E-state index contributed by atoms with van der Waals surface area (Å²) in [5.41, 5.74) is 5.25. The van der Waals surface area contributed by atoms with E-state index < -0.39 is 0 Å². The third kappa shape index (κ3) is 1.89. The summed E-state index contributed by atoms with van der Waals surface area (Å²) in [5.74, 6) is 0. The minimum absolute atomic E-state index is 0.842. The lowest BCUT2D eigenvalue weighted by molar-refractivity contribution is 0.758. The van der Waals surface area contributed by atoms with Crippen molar-refractivity contribution in [2.45, 2.75) is 19.4 Å². The molecular formula is C16H13ClN2S. The smallest absolute Gasteiger partial charge is 0.0935 e. The number of aromatic nitrogens is 2. The van der Waals surface area contributed by atoms with E-state index in [0.717, 1.165) is 17.3 Å². The fraction of sp³-hybridized carbons (Fsp3) is 0.188. The van der Waals surface area contributed by atoms with Crippen molar-refractivity contribution in [3.8, 4) is 21.7 Å². The van der Waals surface area contributed by atoms with Crippen LogP contribution in [0.4, 0.5) is 0 Å². The van der Waals surface area contributed by atoms with E-state index in [-0.39, 0.29) is 0 Å². The average Bonchev–Trinajstić information content (AvgIpc) is 3.14. The maximum Gasteiger partial charge on any atom is 0.0935 e. The van der Waals surface area contributed by atoms with Gasteiger partial charge in [-0.05, 0) is 48.7 Å². The molecule has 4 heterocycles. The second kappa shape index (κ2) is 4.76. The Labute approximate surface area is 126 Å². The predicted octanol–water partition coefficient (Wildman–Crippen LogP) is 4.88. The van der Waals surface area contributed by atoms with Crippen molar-refractivity contribution in [1.29, 1.82) is 0 Å². The summed E-state index contributed by atoms with van der Waals surface area (Å²) in [6.45, 7) is 1.10. The standard InChI is InChI=1S/C16H13ClN2S/c17-15-4-3-14(20-15)16-13(11-5-7-18-8-6-11)10-12-2-1-9-19(12)16/h3-8,10H,1-2,9H2. The van der Waals surface area contributed by atoms with Crippen LogP contribution in [0.1, 0.15) is 12.1 Å². The Kier molecular flexibility index (Phi) is 2.90. The number of pyridine rings is 1. The fourth-order valence-electron chi connectivity index (χ4n) is 2.94. The molecule has 1 aliphatic rings. The highest BCUT2D eigenvalue weighted by Gasteiger charge is 2.22. The summed E-state index contributed by atoms with van der Waals surface area (Å²) in [6, 6.07) is 10.6. The van der Waals surface area contributed by atoms with Gasteiger partial charge in [0, 0.05) is 30.2 Å². The molecule has 0 unspecified atom stereocenters. The van der Waals surface area contributed by atoms with Crippen molar-refractivity contribution < 1.29 is 0 Å². The molecule has 0 saturated carbocycles. The van der Waals surface area contributed by atoms with Gasteiger partial charge in [-0.15, -0.1) is 11.3 Å². The van der Waals surface area contributed by atoms with E-state index in [9.17, 15) is 0 Å². The maximum absolute atomic E-state index is 6.13. The van der Waals surface area contributed by atoms with Crippen molar-refractivity contribution >= 4 is 22.9 Å². The average molecular weight is 301 g/mol. The van der Waals surface area contributed by atoms with Gasteiger partial charge in [0.15, 0.2) is 0 Å². The van der Waals surface area contributed by atoms with Crippen LogP contribution in [0.15, 0.2) is 42.7 Å². The highest BCUT2D eigenvalue weighted by molar-refractivity contribution is 7.19. The number of aryl methyl sites for hydroxylation is 1. The first-order valence-electron chi connectivity index (χ1n) is 6.71. The minimum atomic E-state index is 0.842. The molecule has 0 atom stereocenters. The molecule has 3 aromatic heterocycles. The quantitative estimate of drug-likeness (QED) is 0.659. The van der Waals surface area contributed by atoms with Crippen LogP contribution in [-0.2, 0) is 13.0 Å². The van der Waals surface area contributed by atoms with Gasteiger partial charge in [0.05, 0.1) is 14.9 Å². The van der Waals surface area contributed by atoms with Gasteiger partial charge in [0.25, 0.3) is 0 Å². The summed E-state index contributed by atoms with van der Waals surface area (Å²) in [7, 11) is 0. The van der Waals surface area contributed by atoms with Gasteiger partial charge in [-0.2, -0.15) is 0 Å². The molecule has 4 heteroatoms. The van der Waals surface area contributed by atoms with Crippen molar-refractivity contribution in [2.75, 3.05) is 0 Å². The molecule has 0 saturated heterocycles. The first-order valence-corrected chi connectivity index (χ1v) is 7.91. The molecule has 1 aliphatic heterocycles. The lowest BCUT2D eigenvalue weighted by Crippen LogP contribution is -1.94. The van der Waals surface area contributed by atoms with E-state index in [0.29, 0.717) is 0 Å². The Morgan fingerprint density at radius 3 is 2.75 bits per heavy atom. The van der Waals surface area contributed by atoms with Gasteiger partial charge in [-0.25, -0.2) is 0 Å². The van der Waals surface area contributed by atoms with E-state index in [4.69, 9.17) is 11.6 Å². The first kappa shape index (κ1) is 12.2. The van der Waals surface area contributed by atoms with E-state index in [1.807, 2.05) is 18.5 Å². The van der Waals surface area contributed by atoms with Gasteiger partial charge in [-0.1, -0.05) is 11.6 Å². The van der Waals surface area contributed by atoms with Gasteiger partial charge in [0.2, 0.25) is 0 Å². The summed E-state index contributed by atoms with van der Waals surface area (Å²) in [6.07, 6.45) is 6.10. The number of thiophene rings is 1. The summed E-state index contributed by atoms with van der Waals surface area (Å²) < 4.78 is 3.28. The summed E-state index contributed by atoms with van der Waals surface area (Å²) in [5, 5.41) is 0. The second-order valence-corrected chi connectivity index (χ2v) is 6.71. The maximum atomic E-state index is 6.13. The number of nitrogens with zero attached hydrogens (tertiary/aromatic N) is 2. The molecule has 100 valence electrons. The van der Waals surface area contributed by atoms with Crippen molar-refractivity contribution in [2.24, 2.45) is 0 Å². The number of hydrogen-bond acceptors (Lipinski definition) is 2. The van der Waals surface area contributed by atoms with Crippen LogP contribution < -0.4 is 0 Å². The molecule has 2 nitrogen and oxygen atoms in total. The largest absolute Gasteiger partial charge is 0.343 e. The van der Waals surface area contributed by atoms with E-state index in [2.05, 4.69) is 33.8 Å². The highest BCUT2D eigenvalue weighted by Crippen LogP contribution is 2.41. The lowest BCUT2D eigenvalue weighted by atomic mass is 10.1. The molecule has 0 N–H and O–H groups in total. The molecule has 4 rings (SSSR count). The number of hydrogen-bond donors (Lipinski definition) is 0. The number of halogens is 1. The number of fused-ring (bicyclic) bond motifs is 1. The third-order valence-electron chi connectivity index (χ3n) is 3.80. The molecule has 0 bridgehead atoms. The van der Waals surface area contributed by atoms with E-state index in [1.165, 1.54) is 33.8 Å². The van der Waals surface area contributed by atoms with Gasteiger partial charge < -0.3 is 4.57 Å². The Hall–Kier alpha value is -1.58. The zero-order valence-electron chi connectivity index (χ0n) is 10.8. The highest BCUT2D eigenvalue weighted by atomic mass is 35.5. The van der Waals surface area contributed by atoms with Gasteiger partial charge in [0.1, 0.15) is 0 Å². The molecule has 0 radical (unpaired) electrons. The van der Waals surface area contributed by atoms with Crippen LogP contribution in [0.3, 0.4) is 0 Å². The van der Waals surface area contributed by atoms with E-state index >= 15 is 0 Å². The molecule has 0 aliphatic carbocycles. The van der Waals surface area contributed by atoms with Crippen molar-refractivity contribution in [3.05, 3.63) is 52.8 Å². The summed E-state index contributed by atoms with van der Waals surface area (Å²) in [4.78, 5) is 5.36. The third-order valence-corrected chi connectivity index (χ3v) is 5.03. The Morgan fingerprint density at radius 2 is 2.00 bits per heavy atom. The van der Waals surface area contributed by atoms with E-state index in [1.54, 1.807) is 11.3 Å². The van der Waals surface area contributed by atoms with Crippen LogP contribution in [0.2, 0.25) is 4.34 Å². The van der Waals surface area contributed by atoms with Gasteiger partial charge in [-0.3, -0.25) is 4.98 Å². The molecule has 20 heavy (non-hydrogen) atoms. The summed E-state index contributed by atoms with van der Waals surface area (Å²) >= 11 is 7.78. The topological polar surface area (TPSA) is 17.8 Å². The Balaban J connectivity index is 1.96. The Bertz CT molecular complexity index is 758. The lowest BCUT2D eigenvalue weighted by Gasteiger charge is -2.08. The van der Waals surface area contributed by atoms with Crippen LogP contribution in [0, 0.1) is 0 Å². The monoisotopic (exact) mass is 300 g/mol. The zero-order valence-corrected chi connectivity index (χ0v) is 12.4. The molecule has 0 aromatic carbocycles. The SMILES string of the molecule is Clc1ccc(-c2c(-c3ccncc3)cc3n2CCC3)s1. The molecule has 3 aromatic rings. The molecular weight excluding hydrogens is 288 g/mol. The van der Waals surface area contributed by atoms with Crippen LogP contribution in [-0.4, -0.2) is 9.55 Å². The van der Waals surface area contributed by atoms with Crippen molar-refractivity contribution in [3.63, 3.8) is 0 Å². The number of rotatable bonds is 2. The van der Waals surface area contributed by atoms with Gasteiger partial charge >= 0.3 is 0 Å². The van der Waals surface area contributed by atoms with Crippen LogP contribution in [0.25, 0.3) is 21.7 Å². The normalized spacial score (nSPS) is 13.7. The second-order valence-electron chi connectivity index (χ2n) is 4.99. The van der Waals surface area contributed by atoms with Crippen molar-refractivity contribution in [1.82, 2.24) is 9.55 Å². The fourth-order valence-corrected chi connectivity index (χ4v) is 4.05. The molecule has 0 spiro atoms. The zero-order chi connectivity index (χ0) is 13.5. The minimum Gasteiger partial charge on any atom is -0.343 e. The predicted molar refractivity (Wildman–Crippen MR) is 84.3 cm³/mol.